The maximum absolute atomic E-state index is 5.90. The average Bonchev–Trinajstić information content (AvgIpc) is 3.10. The van der Waals surface area contributed by atoms with Gasteiger partial charge in [-0.05, 0) is 50.8 Å². The molecule has 3 rings (SSSR count). The second-order valence-corrected chi connectivity index (χ2v) is 7.44. The Hall–Kier alpha value is -1.91. The van der Waals surface area contributed by atoms with Crippen molar-refractivity contribution in [3.05, 3.63) is 59.9 Å². The second kappa shape index (κ2) is 8.65. The van der Waals surface area contributed by atoms with Gasteiger partial charge in [0, 0.05) is 37.9 Å². The van der Waals surface area contributed by atoms with E-state index in [0.717, 1.165) is 50.5 Å². The monoisotopic (exact) mass is 353 g/mol. The normalized spacial score (nSPS) is 20.4. The molecule has 1 aliphatic rings. The summed E-state index contributed by atoms with van der Waals surface area (Å²) in [5, 5.41) is 4.69. The minimum atomic E-state index is 0.220. The molecule has 1 aromatic heterocycles. The van der Waals surface area contributed by atoms with Gasteiger partial charge >= 0.3 is 0 Å². The largest absolute Gasteiger partial charge is 0.381 e. The molecule has 1 atom stereocenters. The Balaban J connectivity index is 1.67. The van der Waals surface area contributed by atoms with Crippen molar-refractivity contribution in [1.29, 1.82) is 0 Å². The van der Waals surface area contributed by atoms with Crippen molar-refractivity contribution >= 4 is 5.69 Å². The zero-order valence-electron chi connectivity index (χ0n) is 16.3. The van der Waals surface area contributed by atoms with Crippen molar-refractivity contribution in [3.8, 4) is 0 Å². The Labute approximate surface area is 157 Å². The molecular formula is C22H31N3O. The zero-order valence-corrected chi connectivity index (χ0v) is 16.3. The van der Waals surface area contributed by atoms with Crippen molar-refractivity contribution in [2.75, 3.05) is 38.4 Å². The van der Waals surface area contributed by atoms with Crippen LogP contribution in [-0.2, 0) is 11.2 Å². The highest BCUT2D eigenvalue weighted by atomic mass is 16.5. The van der Waals surface area contributed by atoms with Crippen LogP contribution in [0.1, 0.15) is 31.0 Å². The van der Waals surface area contributed by atoms with Gasteiger partial charge in [-0.15, -0.1) is 0 Å². The van der Waals surface area contributed by atoms with Gasteiger partial charge in [0.25, 0.3) is 0 Å². The Bertz CT molecular complexity index is 674. The van der Waals surface area contributed by atoms with E-state index in [1.165, 1.54) is 12.0 Å². The smallest absolute Gasteiger partial charge is 0.0702 e. The van der Waals surface area contributed by atoms with Crippen LogP contribution in [-0.4, -0.2) is 43.3 Å². The molecule has 0 amide bonds. The molecule has 2 aromatic rings. The van der Waals surface area contributed by atoms with Crippen LogP contribution in [0.2, 0.25) is 0 Å². The lowest BCUT2D eigenvalue weighted by Gasteiger charge is -2.33. The molecule has 26 heavy (non-hydrogen) atoms. The summed E-state index contributed by atoms with van der Waals surface area (Å²) in [4.78, 5) is 4.44. The molecule has 0 bridgehead atoms. The van der Waals surface area contributed by atoms with Crippen molar-refractivity contribution in [2.24, 2.45) is 5.41 Å². The molecule has 0 aliphatic carbocycles. The Morgan fingerprint density at radius 1 is 1.19 bits per heavy atom. The first kappa shape index (κ1) is 18.9. The van der Waals surface area contributed by atoms with E-state index in [0.29, 0.717) is 0 Å². The molecule has 4 heteroatoms. The van der Waals surface area contributed by atoms with Gasteiger partial charge in [-0.3, -0.25) is 4.98 Å². The Morgan fingerprint density at radius 2 is 2.00 bits per heavy atom. The number of hydrazine groups is 1. The molecule has 1 fully saturated rings. The third-order valence-electron chi connectivity index (χ3n) is 5.51. The standard InChI is InChI=1S/C22H31N3O/c1-4-26-18-22(13-12-20-8-6-5-7-9-20)14-15-25(17-22)24(3)21-11-10-19(2)23-16-21/h5-11,16H,4,12-15,17-18H2,1-3H3/t22-/m1/s1. The maximum atomic E-state index is 5.90. The SMILES string of the molecule is CCOC[C@]1(CCc2ccccc2)CCN(N(C)c2ccc(C)nc2)C1. The van der Waals surface area contributed by atoms with E-state index in [1.54, 1.807) is 0 Å². The molecule has 1 saturated heterocycles. The maximum Gasteiger partial charge on any atom is 0.0702 e. The first-order valence-corrected chi connectivity index (χ1v) is 9.65. The number of hydrogen-bond donors (Lipinski definition) is 0. The molecule has 0 saturated carbocycles. The molecular weight excluding hydrogens is 322 g/mol. The van der Waals surface area contributed by atoms with E-state index >= 15 is 0 Å². The van der Waals surface area contributed by atoms with E-state index in [4.69, 9.17) is 4.74 Å². The summed E-state index contributed by atoms with van der Waals surface area (Å²) < 4.78 is 5.90. The quantitative estimate of drug-likeness (QED) is 0.714. The highest BCUT2D eigenvalue weighted by molar-refractivity contribution is 5.42. The number of hydrogen-bond acceptors (Lipinski definition) is 4. The summed E-state index contributed by atoms with van der Waals surface area (Å²) in [5.41, 5.74) is 3.83. The molecule has 4 nitrogen and oxygen atoms in total. The number of aryl methyl sites for hydroxylation is 2. The number of aromatic nitrogens is 1. The molecule has 2 heterocycles. The summed E-state index contributed by atoms with van der Waals surface area (Å²) in [6.07, 6.45) is 5.40. The number of benzene rings is 1. The van der Waals surface area contributed by atoms with Crippen molar-refractivity contribution in [1.82, 2.24) is 9.99 Å². The zero-order chi connectivity index (χ0) is 18.4. The average molecular weight is 354 g/mol. The summed E-state index contributed by atoms with van der Waals surface area (Å²) in [6.45, 7) is 7.83. The van der Waals surface area contributed by atoms with Gasteiger partial charge in [-0.2, -0.15) is 0 Å². The van der Waals surface area contributed by atoms with Gasteiger partial charge in [0.05, 0.1) is 18.5 Å². The van der Waals surface area contributed by atoms with E-state index in [-0.39, 0.29) is 5.41 Å². The molecule has 0 unspecified atom stereocenters. The van der Waals surface area contributed by atoms with Crippen LogP contribution in [0, 0.1) is 12.3 Å². The van der Waals surface area contributed by atoms with Crippen LogP contribution in [0.3, 0.4) is 0 Å². The van der Waals surface area contributed by atoms with Crippen molar-refractivity contribution in [2.45, 2.75) is 33.1 Å². The number of rotatable bonds is 8. The van der Waals surface area contributed by atoms with Gasteiger partial charge in [-0.25, -0.2) is 5.01 Å². The number of pyridine rings is 1. The minimum Gasteiger partial charge on any atom is -0.381 e. The summed E-state index contributed by atoms with van der Waals surface area (Å²) in [6, 6.07) is 15.0. The van der Waals surface area contributed by atoms with Gasteiger partial charge in [0.1, 0.15) is 0 Å². The predicted octanol–water partition coefficient (Wildman–Crippen LogP) is 4.10. The lowest BCUT2D eigenvalue weighted by Crippen LogP contribution is -2.41. The topological polar surface area (TPSA) is 28.6 Å². The van der Waals surface area contributed by atoms with Crippen molar-refractivity contribution in [3.63, 3.8) is 0 Å². The predicted molar refractivity (Wildman–Crippen MR) is 107 cm³/mol. The third-order valence-corrected chi connectivity index (χ3v) is 5.51. The lowest BCUT2D eigenvalue weighted by atomic mass is 9.82. The second-order valence-electron chi connectivity index (χ2n) is 7.44. The van der Waals surface area contributed by atoms with Crippen molar-refractivity contribution < 1.29 is 4.74 Å². The van der Waals surface area contributed by atoms with Gasteiger partial charge < -0.3 is 9.75 Å². The summed E-state index contributed by atoms with van der Waals surface area (Å²) in [7, 11) is 2.14. The minimum absolute atomic E-state index is 0.220. The molecule has 0 radical (unpaired) electrons. The summed E-state index contributed by atoms with van der Waals surface area (Å²) >= 11 is 0. The summed E-state index contributed by atoms with van der Waals surface area (Å²) in [5.74, 6) is 0. The molecule has 1 aliphatic heterocycles. The van der Waals surface area contributed by atoms with Crippen LogP contribution >= 0.6 is 0 Å². The Kier molecular flexibility index (Phi) is 6.28. The third kappa shape index (κ3) is 4.63. The Morgan fingerprint density at radius 3 is 2.69 bits per heavy atom. The molecule has 0 spiro atoms. The first-order valence-electron chi connectivity index (χ1n) is 9.65. The van der Waals surface area contributed by atoms with Crippen LogP contribution in [0.4, 0.5) is 5.69 Å². The van der Waals surface area contributed by atoms with Gasteiger partial charge in [0.15, 0.2) is 0 Å². The van der Waals surface area contributed by atoms with Crippen LogP contribution in [0.5, 0.6) is 0 Å². The van der Waals surface area contributed by atoms with Gasteiger partial charge in [-0.1, -0.05) is 30.3 Å². The molecule has 1 aromatic carbocycles. The number of anilines is 1. The first-order chi connectivity index (χ1) is 12.6. The van der Waals surface area contributed by atoms with Crippen LogP contribution in [0.15, 0.2) is 48.7 Å². The van der Waals surface area contributed by atoms with Crippen LogP contribution < -0.4 is 5.01 Å². The highest BCUT2D eigenvalue weighted by Crippen LogP contribution is 2.37. The number of nitrogens with zero attached hydrogens (tertiary/aromatic N) is 3. The van der Waals surface area contributed by atoms with E-state index in [1.807, 2.05) is 13.1 Å². The fourth-order valence-electron chi connectivity index (χ4n) is 3.75. The number of ether oxygens (including phenoxy) is 1. The van der Waals surface area contributed by atoms with E-state index < -0.39 is 0 Å². The lowest BCUT2D eigenvalue weighted by molar-refractivity contribution is 0.0490. The van der Waals surface area contributed by atoms with Gasteiger partial charge in [0.2, 0.25) is 0 Å². The van der Waals surface area contributed by atoms with E-state index in [2.05, 4.69) is 71.4 Å². The highest BCUT2D eigenvalue weighted by Gasteiger charge is 2.39. The fraction of sp³-hybridized carbons (Fsp3) is 0.500. The van der Waals surface area contributed by atoms with Crippen LogP contribution in [0.25, 0.3) is 0 Å². The fourth-order valence-corrected chi connectivity index (χ4v) is 3.75. The molecule has 140 valence electrons. The molecule has 0 N–H and O–H groups in total. The van der Waals surface area contributed by atoms with E-state index in [9.17, 15) is 0 Å².